The Balaban J connectivity index is 3.11. The molecule has 0 aliphatic rings. The molecule has 78 valence electrons. The van der Waals surface area contributed by atoms with Gasteiger partial charge in [-0.15, -0.1) is 0 Å². The molecule has 0 saturated carbocycles. The van der Waals surface area contributed by atoms with Crippen molar-refractivity contribution in [1.82, 2.24) is 0 Å². The highest BCUT2D eigenvalue weighted by molar-refractivity contribution is 6.45. The van der Waals surface area contributed by atoms with Crippen molar-refractivity contribution in [2.24, 2.45) is 5.16 Å². The van der Waals surface area contributed by atoms with Crippen LogP contribution in [0.2, 0.25) is 0 Å². The first-order valence-corrected chi connectivity index (χ1v) is 4.04. The normalized spacial score (nSPS) is 11.1. The molecule has 1 aromatic carbocycles. The molecule has 6 heteroatoms. The highest BCUT2D eigenvalue weighted by atomic mass is 16.6. The number of benzene rings is 1. The van der Waals surface area contributed by atoms with Crippen LogP contribution in [0, 0.1) is 10.1 Å². The van der Waals surface area contributed by atoms with E-state index >= 15 is 0 Å². The standard InChI is InChI=1S/C9H8N2O4/c1-6(10-13)9(12)7-3-2-4-8(5-7)11(14)15/h2-5,13H,1H3/b10-6-. The third-order valence-corrected chi connectivity index (χ3v) is 1.80. The second-order valence-electron chi connectivity index (χ2n) is 2.82. The van der Waals surface area contributed by atoms with Gasteiger partial charge in [0.25, 0.3) is 5.69 Å². The monoisotopic (exact) mass is 208 g/mol. The van der Waals surface area contributed by atoms with E-state index in [1.165, 1.54) is 25.1 Å². The van der Waals surface area contributed by atoms with E-state index in [9.17, 15) is 14.9 Å². The van der Waals surface area contributed by atoms with E-state index in [1.807, 2.05) is 0 Å². The van der Waals surface area contributed by atoms with Gasteiger partial charge in [-0.2, -0.15) is 0 Å². The molecule has 0 amide bonds. The zero-order valence-corrected chi connectivity index (χ0v) is 7.88. The Kier molecular flexibility index (Phi) is 3.12. The molecule has 0 bridgehead atoms. The summed E-state index contributed by atoms with van der Waals surface area (Å²) in [4.78, 5) is 21.3. The summed E-state index contributed by atoms with van der Waals surface area (Å²) in [5.74, 6) is -0.541. The average Bonchev–Trinajstić information content (AvgIpc) is 2.27. The third-order valence-electron chi connectivity index (χ3n) is 1.80. The lowest BCUT2D eigenvalue weighted by Gasteiger charge is -1.98. The molecule has 1 rings (SSSR count). The zero-order chi connectivity index (χ0) is 11.4. The van der Waals surface area contributed by atoms with Gasteiger partial charge in [-0.3, -0.25) is 14.9 Å². The Morgan fingerprint density at radius 1 is 1.53 bits per heavy atom. The van der Waals surface area contributed by atoms with Crippen molar-refractivity contribution in [2.75, 3.05) is 0 Å². The molecule has 0 spiro atoms. The lowest BCUT2D eigenvalue weighted by Crippen LogP contribution is -2.10. The Morgan fingerprint density at radius 3 is 2.73 bits per heavy atom. The molecule has 15 heavy (non-hydrogen) atoms. The summed E-state index contributed by atoms with van der Waals surface area (Å²) in [7, 11) is 0. The van der Waals surface area contributed by atoms with Gasteiger partial charge in [0.2, 0.25) is 5.78 Å². The van der Waals surface area contributed by atoms with Crippen molar-refractivity contribution in [3.8, 4) is 0 Å². The molecule has 0 heterocycles. The van der Waals surface area contributed by atoms with Gasteiger partial charge in [-0.25, -0.2) is 0 Å². The van der Waals surface area contributed by atoms with Crippen molar-refractivity contribution in [1.29, 1.82) is 0 Å². The number of hydrogen-bond acceptors (Lipinski definition) is 5. The van der Waals surface area contributed by atoms with Gasteiger partial charge < -0.3 is 5.21 Å². The van der Waals surface area contributed by atoms with Crippen LogP contribution < -0.4 is 0 Å². The summed E-state index contributed by atoms with van der Waals surface area (Å²) in [5.41, 5.74) is -0.165. The predicted molar refractivity (Wildman–Crippen MR) is 52.3 cm³/mol. The molecule has 0 saturated heterocycles. The van der Waals surface area contributed by atoms with Gasteiger partial charge in [0.1, 0.15) is 5.71 Å². The van der Waals surface area contributed by atoms with E-state index < -0.39 is 10.7 Å². The second kappa shape index (κ2) is 4.32. The fraction of sp³-hybridized carbons (Fsp3) is 0.111. The molecular formula is C9H8N2O4. The molecule has 0 unspecified atom stereocenters. The first-order valence-electron chi connectivity index (χ1n) is 4.04. The Hall–Kier alpha value is -2.24. The van der Waals surface area contributed by atoms with Gasteiger partial charge in [0.05, 0.1) is 4.92 Å². The number of ketones is 1. The number of hydrogen-bond donors (Lipinski definition) is 1. The average molecular weight is 208 g/mol. The Labute approximate surface area is 85.0 Å². The maximum absolute atomic E-state index is 11.4. The van der Waals surface area contributed by atoms with Crippen LogP contribution in [0.15, 0.2) is 29.4 Å². The van der Waals surface area contributed by atoms with E-state index in [0.717, 1.165) is 6.07 Å². The van der Waals surface area contributed by atoms with Crippen molar-refractivity contribution in [3.05, 3.63) is 39.9 Å². The number of non-ortho nitro benzene ring substituents is 1. The summed E-state index contributed by atoms with van der Waals surface area (Å²) in [5, 5.41) is 21.5. The number of carbonyl (C=O) groups is 1. The molecule has 1 N–H and O–H groups in total. The number of nitro groups is 1. The zero-order valence-electron chi connectivity index (χ0n) is 7.88. The van der Waals surface area contributed by atoms with Crippen LogP contribution in [0.4, 0.5) is 5.69 Å². The highest BCUT2D eigenvalue weighted by Gasteiger charge is 2.13. The first-order chi connectivity index (χ1) is 7.06. The molecular weight excluding hydrogens is 200 g/mol. The first kappa shape index (κ1) is 10.8. The predicted octanol–water partition coefficient (Wildman–Crippen LogP) is 1.63. The maximum Gasteiger partial charge on any atom is 0.270 e. The highest BCUT2D eigenvalue weighted by Crippen LogP contribution is 2.13. The quantitative estimate of drug-likeness (QED) is 0.268. The number of oxime groups is 1. The number of nitro benzene ring substituents is 1. The lowest BCUT2D eigenvalue weighted by molar-refractivity contribution is -0.384. The summed E-state index contributed by atoms with van der Waals surface area (Å²) >= 11 is 0. The van der Waals surface area contributed by atoms with E-state index in [1.54, 1.807) is 0 Å². The van der Waals surface area contributed by atoms with Crippen LogP contribution in [-0.4, -0.2) is 21.6 Å². The van der Waals surface area contributed by atoms with Gasteiger partial charge in [0.15, 0.2) is 0 Å². The molecule has 0 aliphatic heterocycles. The number of Topliss-reactive ketones (excluding diaryl/α,β-unsaturated/α-hetero) is 1. The molecule has 0 atom stereocenters. The largest absolute Gasteiger partial charge is 0.411 e. The fourth-order valence-corrected chi connectivity index (χ4v) is 1.02. The van der Waals surface area contributed by atoms with Gasteiger partial charge in [-0.1, -0.05) is 17.3 Å². The minimum absolute atomic E-state index is 0.115. The second-order valence-corrected chi connectivity index (χ2v) is 2.82. The summed E-state index contributed by atoms with van der Waals surface area (Å²) in [6.07, 6.45) is 0. The third kappa shape index (κ3) is 2.37. The number of nitrogens with zero attached hydrogens (tertiary/aromatic N) is 2. The molecule has 1 aromatic rings. The topological polar surface area (TPSA) is 92.8 Å². The van der Waals surface area contributed by atoms with E-state index in [4.69, 9.17) is 5.21 Å². The van der Waals surface area contributed by atoms with Crippen LogP contribution in [0.5, 0.6) is 0 Å². The van der Waals surface area contributed by atoms with Gasteiger partial charge in [-0.05, 0) is 6.92 Å². The SMILES string of the molecule is C/C(=N/O)C(=O)c1cccc([N+](=O)[O-])c1. The summed E-state index contributed by atoms with van der Waals surface area (Å²) < 4.78 is 0. The van der Waals surface area contributed by atoms with Gasteiger partial charge >= 0.3 is 0 Å². The van der Waals surface area contributed by atoms with E-state index in [-0.39, 0.29) is 17.0 Å². The van der Waals surface area contributed by atoms with Gasteiger partial charge in [0, 0.05) is 17.7 Å². The smallest absolute Gasteiger partial charge is 0.270 e. The minimum Gasteiger partial charge on any atom is -0.411 e. The molecule has 0 aromatic heterocycles. The van der Waals surface area contributed by atoms with Crippen molar-refractivity contribution in [3.63, 3.8) is 0 Å². The van der Waals surface area contributed by atoms with Crippen molar-refractivity contribution < 1.29 is 14.9 Å². The van der Waals surface area contributed by atoms with Crippen LogP contribution in [-0.2, 0) is 0 Å². The van der Waals surface area contributed by atoms with Crippen LogP contribution in [0.1, 0.15) is 17.3 Å². The van der Waals surface area contributed by atoms with E-state index in [2.05, 4.69) is 5.16 Å². The van der Waals surface area contributed by atoms with Crippen molar-refractivity contribution >= 4 is 17.2 Å². The number of carbonyl (C=O) groups excluding carboxylic acids is 1. The van der Waals surface area contributed by atoms with Crippen LogP contribution in [0.25, 0.3) is 0 Å². The van der Waals surface area contributed by atoms with Crippen LogP contribution in [0.3, 0.4) is 0 Å². The van der Waals surface area contributed by atoms with Crippen LogP contribution >= 0.6 is 0 Å². The van der Waals surface area contributed by atoms with Crippen molar-refractivity contribution in [2.45, 2.75) is 6.92 Å². The summed E-state index contributed by atoms with van der Waals surface area (Å²) in [6.45, 7) is 1.32. The summed E-state index contributed by atoms with van der Waals surface area (Å²) in [6, 6.07) is 5.24. The molecule has 0 aliphatic carbocycles. The van der Waals surface area contributed by atoms with E-state index in [0.29, 0.717) is 0 Å². The Morgan fingerprint density at radius 2 is 2.20 bits per heavy atom. The molecule has 0 radical (unpaired) electrons. The molecule has 6 nitrogen and oxygen atoms in total. The lowest BCUT2D eigenvalue weighted by atomic mass is 10.1. The fourth-order valence-electron chi connectivity index (χ4n) is 1.02. The molecule has 0 fully saturated rings. The minimum atomic E-state index is -0.595. The maximum atomic E-state index is 11.4. The number of rotatable bonds is 3. The Bertz CT molecular complexity index is 439.